The zero-order chi connectivity index (χ0) is 16.2. The highest BCUT2D eigenvalue weighted by atomic mass is 79.9. The lowest BCUT2D eigenvalue weighted by atomic mass is 9.87. The van der Waals surface area contributed by atoms with Gasteiger partial charge in [0.25, 0.3) is 0 Å². The Kier molecular flexibility index (Phi) is 6.29. The molecule has 0 amide bonds. The minimum absolute atomic E-state index is 0.0300. The van der Waals surface area contributed by atoms with Crippen molar-refractivity contribution in [2.75, 3.05) is 6.61 Å². The SMILES string of the molecule is CCCOc1cc(S(=O)(=O)N[C@@H]2CCCC[C@@H]2C)ccc1Br. The highest BCUT2D eigenvalue weighted by molar-refractivity contribution is 9.10. The van der Waals surface area contributed by atoms with Crippen molar-refractivity contribution in [1.82, 2.24) is 4.72 Å². The molecule has 4 nitrogen and oxygen atoms in total. The second kappa shape index (κ2) is 7.79. The maximum absolute atomic E-state index is 12.6. The predicted molar refractivity (Wildman–Crippen MR) is 91.7 cm³/mol. The fourth-order valence-corrected chi connectivity index (χ4v) is 4.49. The lowest BCUT2D eigenvalue weighted by Gasteiger charge is -2.29. The van der Waals surface area contributed by atoms with Gasteiger partial charge < -0.3 is 4.74 Å². The van der Waals surface area contributed by atoms with Crippen LogP contribution in [-0.2, 0) is 10.0 Å². The van der Waals surface area contributed by atoms with E-state index in [4.69, 9.17) is 4.74 Å². The maximum atomic E-state index is 12.6. The van der Waals surface area contributed by atoms with Gasteiger partial charge in [0.1, 0.15) is 5.75 Å². The molecule has 1 aliphatic carbocycles. The molecule has 22 heavy (non-hydrogen) atoms. The van der Waals surface area contributed by atoms with Gasteiger partial charge in [0.2, 0.25) is 10.0 Å². The number of sulfonamides is 1. The molecule has 124 valence electrons. The first-order valence-electron chi connectivity index (χ1n) is 7.88. The summed E-state index contributed by atoms with van der Waals surface area (Å²) in [7, 11) is -3.51. The molecule has 0 radical (unpaired) electrons. The molecule has 1 N–H and O–H groups in total. The monoisotopic (exact) mass is 389 g/mol. The molecule has 2 rings (SSSR count). The van der Waals surface area contributed by atoms with Crippen molar-refractivity contribution >= 4 is 26.0 Å². The van der Waals surface area contributed by atoms with Gasteiger partial charge in [-0.15, -0.1) is 0 Å². The van der Waals surface area contributed by atoms with E-state index in [0.717, 1.165) is 30.2 Å². The third kappa shape index (κ3) is 4.46. The summed E-state index contributed by atoms with van der Waals surface area (Å²) >= 11 is 3.40. The van der Waals surface area contributed by atoms with Crippen LogP contribution in [0.4, 0.5) is 0 Å². The number of nitrogens with one attached hydrogen (secondary N) is 1. The van der Waals surface area contributed by atoms with E-state index in [0.29, 0.717) is 18.3 Å². The average molecular weight is 390 g/mol. The highest BCUT2D eigenvalue weighted by Crippen LogP contribution is 2.29. The van der Waals surface area contributed by atoms with Gasteiger partial charge in [0.05, 0.1) is 16.0 Å². The van der Waals surface area contributed by atoms with Gasteiger partial charge in [0.15, 0.2) is 0 Å². The lowest BCUT2D eigenvalue weighted by Crippen LogP contribution is -2.40. The van der Waals surface area contributed by atoms with E-state index in [1.165, 1.54) is 6.42 Å². The van der Waals surface area contributed by atoms with Crippen LogP contribution in [0.3, 0.4) is 0 Å². The van der Waals surface area contributed by atoms with Gasteiger partial charge in [-0.1, -0.05) is 26.7 Å². The Morgan fingerprint density at radius 3 is 2.73 bits per heavy atom. The van der Waals surface area contributed by atoms with E-state index in [2.05, 4.69) is 27.6 Å². The molecular formula is C16H24BrNO3S. The summed E-state index contributed by atoms with van der Waals surface area (Å²) in [5, 5.41) is 0. The average Bonchev–Trinajstić information content (AvgIpc) is 2.48. The van der Waals surface area contributed by atoms with Crippen molar-refractivity contribution in [3.63, 3.8) is 0 Å². The minimum atomic E-state index is -3.51. The highest BCUT2D eigenvalue weighted by Gasteiger charge is 2.27. The standard InChI is InChI=1S/C16H24BrNO3S/c1-3-10-21-16-11-13(8-9-14(16)17)22(19,20)18-15-7-5-4-6-12(15)2/h8-9,11-12,15,18H,3-7,10H2,1-2H3/t12-,15+/m0/s1. The van der Waals surface area contributed by atoms with Crippen molar-refractivity contribution in [3.8, 4) is 5.75 Å². The molecule has 1 aliphatic rings. The first kappa shape index (κ1) is 17.8. The molecule has 1 saturated carbocycles. The van der Waals surface area contributed by atoms with Gasteiger partial charge >= 0.3 is 0 Å². The van der Waals surface area contributed by atoms with Gasteiger partial charge in [-0.3, -0.25) is 0 Å². The molecule has 0 spiro atoms. The molecular weight excluding hydrogens is 366 g/mol. The second-order valence-electron chi connectivity index (χ2n) is 5.93. The van der Waals surface area contributed by atoms with Crippen LogP contribution in [0.15, 0.2) is 27.6 Å². The fourth-order valence-electron chi connectivity index (χ4n) is 2.73. The summed E-state index contributed by atoms with van der Waals surface area (Å²) in [5.41, 5.74) is 0. The van der Waals surface area contributed by atoms with Crippen LogP contribution in [0.25, 0.3) is 0 Å². The molecule has 0 aromatic heterocycles. The molecule has 0 aliphatic heterocycles. The Labute approximate surface area is 141 Å². The predicted octanol–water partition coefficient (Wildman–Crippen LogP) is 4.09. The molecule has 1 aromatic carbocycles. The third-order valence-corrected chi connectivity index (χ3v) is 6.24. The summed E-state index contributed by atoms with van der Waals surface area (Å²) in [6.45, 7) is 4.69. The van der Waals surface area contributed by atoms with E-state index in [1.54, 1.807) is 18.2 Å². The summed E-state index contributed by atoms with van der Waals surface area (Å²) in [6.07, 6.45) is 5.14. The number of hydrogen-bond acceptors (Lipinski definition) is 3. The number of hydrogen-bond donors (Lipinski definition) is 1. The molecule has 1 aromatic rings. The van der Waals surface area contributed by atoms with Crippen LogP contribution < -0.4 is 9.46 Å². The Morgan fingerprint density at radius 2 is 2.05 bits per heavy atom. The zero-order valence-corrected chi connectivity index (χ0v) is 15.5. The fraction of sp³-hybridized carbons (Fsp3) is 0.625. The first-order valence-corrected chi connectivity index (χ1v) is 10.2. The van der Waals surface area contributed by atoms with Crippen molar-refractivity contribution in [2.24, 2.45) is 5.92 Å². The van der Waals surface area contributed by atoms with Crippen molar-refractivity contribution < 1.29 is 13.2 Å². The molecule has 1 fully saturated rings. The maximum Gasteiger partial charge on any atom is 0.240 e. The van der Waals surface area contributed by atoms with Crippen LogP contribution in [0.1, 0.15) is 46.0 Å². The zero-order valence-electron chi connectivity index (χ0n) is 13.1. The topological polar surface area (TPSA) is 55.4 Å². The smallest absolute Gasteiger partial charge is 0.240 e. The second-order valence-corrected chi connectivity index (χ2v) is 8.50. The van der Waals surface area contributed by atoms with Crippen LogP contribution >= 0.6 is 15.9 Å². The molecule has 0 unspecified atom stereocenters. The number of rotatable bonds is 6. The molecule has 0 heterocycles. The quantitative estimate of drug-likeness (QED) is 0.796. The van der Waals surface area contributed by atoms with Crippen molar-refractivity contribution in [1.29, 1.82) is 0 Å². The number of benzene rings is 1. The number of halogens is 1. The molecule has 2 atom stereocenters. The van der Waals surface area contributed by atoms with E-state index in [-0.39, 0.29) is 10.9 Å². The molecule has 0 saturated heterocycles. The van der Waals surface area contributed by atoms with Crippen LogP contribution in [0.5, 0.6) is 5.75 Å². The van der Waals surface area contributed by atoms with Gasteiger partial charge in [-0.05, 0) is 53.2 Å². The summed E-state index contributed by atoms with van der Waals surface area (Å²) in [4.78, 5) is 0.263. The van der Waals surface area contributed by atoms with Crippen molar-refractivity contribution in [2.45, 2.75) is 56.9 Å². The molecule has 6 heteroatoms. The van der Waals surface area contributed by atoms with Crippen LogP contribution in [-0.4, -0.2) is 21.1 Å². The lowest BCUT2D eigenvalue weighted by molar-refractivity contribution is 0.309. The third-order valence-electron chi connectivity index (χ3n) is 4.09. The van der Waals surface area contributed by atoms with Crippen LogP contribution in [0, 0.1) is 5.92 Å². The normalized spacial score (nSPS) is 22.5. The largest absolute Gasteiger partial charge is 0.492 e. The Balaban J connectivity index is 2.17. The Morgan fingerprint density at radius 1 is 1.32 bits per heavy atom. The minimum Gasteiger partial charge on any atom is -0.492 e. The van der Waals surface area contributed by atoms with E-state index in [9.17, 15) is 8.42 Å². The van der Waals surface area contributed by atoms with Gasteiger partial charge in [0, 0.05) is 12.1 Å². The molecule has 0 bridgehead atoms. The van der Waals surface area contributed by atoms with E-state index >= 15 is 0 Å². The Hall–Kier alpha value is -0.590. The number of ether oxygens (including phenoxy) is 1. The summed E-state index contributed by atoms with van der Waals surface area (Å²) < 4.78 is 34.4. The van der Waals surface area contributed by atoms with Gasteiger partial charge in [-0.2, -0.15) is 0 Å². The first-order chi connectivity index (χ1) is 10.4. The summed E-state index contributed by atoms with van der Waals surface area (Å²) in [5.74, 6) is 0.955. The van der Waals surface area contributed by atoms with Crippen LogP contribution in [0.2, 0.25) is 0 Å². The van der Waals surface area contributed by atoms with E-state index in [1.807, 2.05) is 6.92 Å². The summed E-state index contributed by atoms with van der Waals surface area (Å²) in [6, 6.07) is 4.96. The van der Waals surface area contributed by atoms with Crippen molar-refractivity contribution in [3.05, 3.63) is 22.7 Å². The van der Waals surface area contributed by atoms with Gasteiger partial charge in [-0.25, -0.2) is 13.1 Å². The van der Waals surface area contributed by atoms with E-state index < -0.39 is 10.0 Å². The Bertz CT molecular complexity index is 603.